The molecule has 0 aromatic carbocycles. The first-order chi connectivity index (χ1) is 11.5. The molecular weight excluding hydrogens is 296 g/mol. The van der Waals surface area contributed by atoms with Crippen LogP contribution in [0, 0.1) is 0 Å². The van der Waals surface area contributed by atoms with E-state index in [9.17, 15) is 4.79 Å². The number of unbranched alkanes of at least 4 members (excludes halogenated alkanes) is 13. The summed E-state index contributed by atoms with van der Waals surface area (Å²) in [4.78, 5) is 11.5. The number of carbonyl (C=O) groups is 1. The molecule has 0 fully saturated rings. The van der Waals surface area contributed by atoms with Crippen LogP contribution in [0.1, 0.15) is 118 Å². The second kappa shape index (κ2) is 15.7. The highest BCUT2D eigenvalue weighted by Gasteiger charge is 2.13. The first-order valence-corrected chi connectivity index (χ1v) is 10.3. The summed E-state index contributed by atoms with van der Waals surface area (Å²) in [5.41, 5.74) is -0.392. The molecule has 0 atom stereocenters. The van der Waals surface area contributed by atoms with E-state index in [1.165, 1.54) is 83.5 Å². The molecule has 0 aliphatic heterocycles. The zero-order chi connectivity index (χ0) is 18.1. The average molecular weight is 339 g/mol. The van der Waals surface area contributed by atoms with Crippen LogP contribution in [-0.2, 0) is 9.53 Å². The molecule has 0 aliphatic carbocycles. The molecule has 0 spiro atoms. The minimum absolute atomic E-state index is 0.225. The minimum Gasteiger partial charge on any atom is -0.457 e. The second-order valence-corrected chi connectivity index (χ2v) is 7.97. The lowest BCUT2D eigenvalue weighted by molar-refractivity contribution is -0.148. The maximum absolute atomic E-state index is 11.5. The summed E-state index contributed by atoms with van der Waals surface area (Å²) in [5.74, 6) is -0.225. The summed E-state index contributed by atoms with van der Waals surface area (Å²) in [6, 6.07) is 0. The van der Waals surface area contributed by atoms with Crippen LogP contribution < -0.4 is 0 Å². The van der Waals surface area contributed by atoms with Gasteiger partial charge in [-0.1, -0.05) is 90.0 Å². The predicted octanol–water partition coefficient (Wildman–Crippen LogP) is 7.37. The van der Waals surface area contributed by atoms with Gasteiger partial charge in [0.2, 0.25) is 0 Å². The summed E-state index contributed by atoms with van der Waals surface area (Å²) in [7, 11) is 0. The number of ether oxygens (including phenoxy) is 1. The van der Waals surface area contributed by atoms with Crippen molar-refractivity contribution in [2.75, 3.05) is 0 Å². The van der Waals surface area contributed by atoms with E-state index in [2.05, 4.69) is 6.92 Å². The molecule has 0 heterocycles. The highest BCUT2D eigenvalue weighted by molar-refractivity contribution is 5.82. The Bertz CT molecular complexity index is 312. The standard InChI is InChI=1S/C22H42O2/c1-5-6-7-8-9-10-11-12-13-14-15-16-17-18-19-20-21(23)24-22(2,3)4/h19-20H,5-18H2,1-4H3. The SMILES string of the molecule is CCCCCCCCCCCCCCCC=CC(=O)OC(C)(C)C. The summed E-state index contributed by atoms with van der Waals surface area (Å²) in [6.07, 6.45) is 22.4. The maximum Gasteiger partial charge on any atom is 0.330 e. The van der Waals surface area contributed by atoms with E-state index in [1.807, 2.05) is 26.8 Å². The second-order valence-electron chi connectivity index (χ2n) is 7.97. The number of allylic oxidation sites excluding steroid dienone is 1. The average Bonchev–Trinajstić information content (AvgIpc) is 2.49. The monoisotopic (exact) mass is 338 g/mol. The molecule has 0 radical (unpaired) electrons. The van der Waals surface area contributed by atoms with E-state index < -0.39 is 5.60 Å². The Kier molecular flexibility index (Phi) is 15.2. The van der Waals surface area contributed by atoms with Crippen molar-refractivity contribution in [1.82, 2.24) is 0 Å². The van der Waals surface area contributed by atoms with E-state index in [1.54, 1.807) is 6.08 Å². The third kappa shape index (κ3) is 19.3. The molecule has 142 valence electrons. The van der Waals surface area contributed by atoms with E-state index in [0.29, 0.717) is 0 Å². The summed E-state index contributed by atoms with van der Waals surface area (Å²) < 4.78 is 5.23. The van der Waals surface area contributed by atoms with Crippen LogP contribution in [0.5, 0.6) is 0 Å². The van der Waals surface area contributed by atoms with E-state index in [-0.39, 0.29) is 5.97 Å². The summed E-state index contributed by atoms with van der Waals surface area (Å²) >= 11 is 0. The van der Waals surface area contributed by atoms with Gasteiger partial charge in [-0.3, -0.25) is 0 Å². The largest absolute Gasteiger partial charge is 0.457 e. The smallest absolute Gasteiger partial charge is 0.330 e. The van der Waals surface area contributed by atoms with E-state index >= 15 is 0 Å². The summed E-state index contributed by atoms with van der Waals surface area (Å²) in [6.45, 7) is 7.96. The molecule has 0 unspecified atom stereocenters. The molecule has 24 heavy (non-hydrogen) atoms. The van der Waals surface area contributed by atoms with Crippen LogP contribution in [-0.4, -0.2) is 11.6 Å². The molecule has 0 aliphatic rings. The Balaban J connectivity index is 3.24. The fraction of sp³-hybridized carbons (Fsp3) is 0.864. The van der Waals surface area contributed by atoms with Gasteiger partial charge < -0.3 is 4.74 Å². The number of carbonyl (C=O) groups excluding carboxylic acids is 1. The Morgan fingerprint density at radius 2 is 1.17 bits per heavy atom. The van der Waals surface area contributed by atoms with Gasteiger partial charge in [0.1, 0.15) is 5.60 Å². The third-order valence-corrected chi connectivity index (χ3v) is 4.14. The predicted molar refractivity (Wildman–Crippen MR) is 105 cm³/mol. The lowest BCUT2D eigenvalue weighted by Crippen LogP contribution is -2.22. The molecule has 2 nitrogen and oxygen atoms in total. The maximum atomic E-state index is 11.5. The topological polar surface area (TPSA) is 26.3 Å². The van der Waals surface area contributed by atoms with Gasteiger partial charge in [-0.2, -0.15) is 0 Å². The van der Waals surface area contributed by atoms with Gasteiger partial charge in [-0.05, 0) is 33.6 Å². The van der Waals surface area contributed by atoms with Gasteiger partial charge in [0.15, 0.2) is 0 Å². The normalized spacial score (nSPS) is 12.0. The van der Waals surface area contributed by atoms with Gasteiger partial charge in [0.25, 0.3) is 0 Å². The van der Waals surface area contributed by atoms with Crippen molar-refractivity contribution in [3.63, 3.8) is 0 Å². The molecule has 0 saturated heterocycles. The highest BCUT2D eigenvalue weighted by Crippen LogP contribution is 2.13. The van der Waals surface area contributed by atoms with Gasteiger partial charge in [0.05, 0.1) is 0 Å². The number of rotatable bonds is 15. The first-order valence-electron chi connectivity index (χ1n) is 10.3. The van der Waals surface area contributed by atoms with Crippen LogP contribution in [0.25, 0.3) is 0 Å². The zero-order valence-corrected chi connectivity index (χ0v) is 16.9. The molecular formula is C22H42O2. The Labute approximate surface area is 151 Å². The van der Waals surface area contributed by atoms with Crippen molar-refractivity contribution in [3.05, 3.63) is 12.2 Å². The number of hydrogen-bond acceptors (Lipinski definition) is 2. The molecule has 0 bridgehead atoms. The molecule has 2 heteroatoms. The Hall–Kier alpha value is -0.790. The van der Waals surface area contributed by atoms with Crippen molar-refractivity contribution >= 4 is 5.97 Å². The molecule has 0 aromatic heterocycles. The van der Waals surface area contributed by atoms with Crippen molar-refractivity contribution in [2.45, 2.75) is 123 Å². The molecule has 0 aromatic rings. The quantitative estimate of drug-likeness (QED) is 0.177. The van der Waals surface area contributed by atoms with Gasteiger partial charge >= 0.3 is 5.97 Å². The van der Waals surface area contributed by atoms with Crippen molar-refractivity contribution in [1.29, 1.82) is 0 Å². The van der Waals surface area contributed by atoms with Crippen LogP contribution in [0.2, 0.25) is 0 Å². The highest BCUT2D eigenvalue weighted by atomic mass is 16.6. The van der Waals surface area contributed by atoms with Gasteiger partial charge in [0, 0.05) is 6.08 Å². The fourth-order valence-corrected chi connectivity index (χ4v) is 2.80. The Morgan fingerprint density at radius 1 is 0.750 bits per heavy atom. The van der Waals surface area contributed by atoms with Gasteiger partial charge in [-0.25, -0.2) is 4.79 Å². The van der Waals surface area contributed by atoms with Crippen LogP contribution in [0.3, 0.4) is 0 Å². The third-order valence-electron chi connectivity index (χ3n) is 4.14. The number of hydrogen-bond donors (Lipinski definition) is 0. The lowest BCUT2D eigenvalue weighted by atomic mass is 10.0. The fourth-order valence-electron chi connectivity index (χ4n) is 2.80. The van der Waals surface area contributed by atoms with E-state index in [4.69, 9.17) is 4.74 Å². The van der Waals surface area contributed by atoms with Crippen LogP contribution in [0.4, 0.5) is 0 Å². The van der Waals surface area contributed by atoms with Gasteiger partial charge in [-0.15, -0.1) is 0 Å². The zero-order valence-electron chi connectivity index (χ0n) is 16.9. The van der Waals surface area contributed by atoms with Crippen molar-refractivity contribution < 1.29 is 9.53 Å². The van der Waals surface area contributed by atoms with Crippen LogP contribution in [0.15, 0.2) is 12.2 Å². The molecule has 0 amide bonds. The molecule has 0 rings (SSSR count). The van der Waals surface area contributed by atoms with Crippen molar-refractivity contribution in [3.8, 4) is 0 Å². The van der Waals surface area contributed by atoms with Crippen LogP contribution >= 0.6 is 0 Å². The van der Waals surface area contributed by atoms with E-state index in [0.717, 1.165) is 6.42 Å². The van der Waals surface area contributed by atoms with Crippen molar-refractivity contribution in [2.24, 2.45) is 0 Å². The Morgan fingerprint density at radius 3 is 1.58 bits per heavy atom. The lowest BCUT2D eigenvalue weighted by Gasteiger charge is -2.17. The minimum atomic E-state index is -0.392. The summed E-state index contributed by atoms with van der Waals surface area (Å²) in [5, 5.41) is 0. The molecule has 0 saturated carbocycles. The first kappa shape index (κ1) is 23.2. The molecule has 0 N–H and O–H groups in total. The number of esters is 1.